The Labute approximate surface area is 65.8 Å². The Bertz CT molecular complexity index is 15.5. The van der Waals surface area contributed by atoms with E-state index in [1.54, 1.807) is 0 Å². The van der Waals surface area contributed by atoms with Gasteiger partial charge in [0.25, 0.3) is 0 Å². The van der Waals surface area contributed by atoms with Gasteiger partial charge in [-0.3, -0.25) is 0 Å². The predicted molar refractivity (Wildman–Crippen MR) is 16.1 cm³/mol. The van der Waals surface area contributed by atoms with Gasteiger partial charge < -0.3 is 23.2 Å². The zero-order chi connectivity index (χ0) is 3.41. The average Bonchev–Trinajstić information content (AvgIpc) is 1.37. The van der Waals surface area contributed by atoms with Crippen LogP contribution in [0.1, 0.15) is 0 Å². The Kier molecular flexibility index (Phi) is 42.8. The summed E-state index contributed by atoms with van der Waals surface area (Å²) in [7, 11) is 0. The van der Waals surface area contributed by atoms with Crippen molar-refractivity contribution >= 4 is 0 Å². The zero-order valence-electron chi connectivity index (χ0n) is 3.82. The van der Waals surface area contributed by atoms with Crippen molar-refractivity contribution in [1.29, 1.82) is 0 Å². The van der Waals surface area contributed by atoms with Gasteiger partial charge in [0, 0.05) is 6.54 Å². The van der Waals surface area contributed by atoms with Gasteiger partial charge in [0.2, 0.25) is 0 Å². The van der Waals surface area contributed by atoms with Gasteiger partial charge in [0.1, 0.15) is 0 Å². The molecule has 0 aliphatic heterocycles. The number of nitrogens with two attached hydrogens (primary N) is 1. The van der Waals surface area contributed by atoms with E-state index in [0.717, 1.165) is 0 Å². The van der Waals surface area contributed by atoms with Crippen LogP contribution in [0, 0.1) is 0 Å². The number of halogens is 1. The van der Waals surface area contributed by atoms with E-state index in [4.69, 9.17) is 10.8 Å². The van der Waals surface area contributed by atoms with Gasteiger partial charge in [-0.2, -0.15) is 0 Å². The van der Waals surface area contributed by atoms with Crippen molar-refractivity contribution in [3.05, 3.63) is 0 Å². The molecular formula is C2H7ClNNaO. The molecule has 0 rings (SSSR count). The first-order valence-electron chi connectivity index (χ1n) is 1.22. The summed E-state index contributed by atoms with van der Waals surface area (Å²) < 4.78 is 0. The maximum Gasteiger partial charge on any atom is 1.00 e. The minimum Gasteiger partial charge on any atom is -1.00 e. The molecule has 4 heteroatoms. The van der Waals surface area contributed by atoms with Crippen molar-refractivity contribution in [2.75, 3.05) is 13.2 Å². The molecule has 0 aromatic heterocycles. The molecular weight excluding hydrogens is 112 g/mol. The van der Waals surface area contributed by atoms with Gasteiger partial charge in [-0.15, -0.1) is 0 Å². The van der Waals surface area contributed by atoms with E-state index >= 15 is 0 Å². The molecule has 0 aliphatic carbocycles. The van der Waals surface area contributed by atoms with Crippen LogP contribution >= 0.6 is 0 Å². The summed E-state index contributed by atoms with van der Waals surface area (Å²) in [6.45, 7) is 0.472. The number of rotatable bonds is 1. The van der Waals surface area contributed by atoms with Gasteiger partial charge in [-0.25, -0.2) is 0 Å². The molecule has 0 aromatic carbocycles. The molecule has 0 atom stereocenters. The summed E-state index contributed by atoms with van der Waals surface area (Å²) >= 11 is 0. The zero-order valence-corrected chi connectivity index (χ0v) is 6.57. The first-order valence-corrected chi connectivity index (χ1v) is 1.22. The molecule has 0 unspecified atom stereocenters. The van der Waals surface area contributed by atoms with E-state index < -0.39 is 0 Å². The van der Waals surface area contributed by atoms with E-state index in [2.05, 4.69) is 0 Å². The SMILES string of the molecule is NCCO.[Cl-].[Na+]. The third kappa shape index (κ3) is 18.9. The van der Waals surface area contributed by atoms with Crippen LogP contribution < -0.4 is 47.7 Å². The number of hydrogen-bond acceptors (Lipinski definition) is 2. The molecule has 34 valence electrons. The number of aliphatic hydroxyl groups excluding tert-OH is 1. The van der Waals surface area contributed by atoms with Crippen LogP contribution in [0.3, 0.4) is 0 Å². The van der Waals surface area contributed by atoms with Crippen LogP contribution in [0.2, 0.25) is 0 Å². The molecule has 0 saturated carbocycles. The Morgan fingerprint density at radius 3 is 1.67 bits per heavy atom. The Morgan fingerprint density at radius 1 is 1.50 bits per heavy atom. The van der Waals surface area contributed by atoms with E-state index in [0.29, 0.717) is 6.54 Å². The fourth-order valence-corrected chi connectivity index (χ4v) is 0. The minimum atomic E-state index is 0. The van der Waals surface area contributed by atoms with E-state index in [1.807, 2.05) is 0 Å². The summed E-state index contributed by atoms with van der Waals surface area (Å²) in [6.07, 6.45) is 0. The molecule has 0 bridgehead atoms. The molecule has 0 radical (unpaired) electrons. The second-order valence-corrected chi connectivity index (χ2v) is 0.512. The fourth-order valence-electron chi connectivity index (χ4n) is 0. The Hall–Kier alpha value is 1.21. The molecule has 0 heterocycles. The van der Waals surface area contributed by atoms with Crippen LogP contribution in [0.25, 0.3) is 0 Å². The van der Waals surface area contributed by atoms with Crippen molar-refractivity contribution < 1.29 is 47.1 Å². The van der Waals surface area contributed by atoms with E-state index in [1.165, 1.54) is 0 Å². The summed E-state index contributed by atoms with van der Waals surface area (Å²) in [5.41, 5.74) is 4.78. The topological polar surface area (TPSA) is 46.2 Å². The molecule has 6 heavy (non-hydrogen) atoms. The van der Waals surface area contributed by atoms with E-state index in [-0.39, 0.29) is 48.6 Å². The van der Waals surface area contributed by atoms with Gasteiger partial charge in [-0.1, -0.05) is 0 Å². The largest absolute Gasteiger partial charge is 1.00 e. The number of hydrogen-bond donors (Lipinski definition) is 2. The molecule has 0 fully saturated rings. The monoisotopic (exact) mass is 119 g/mol. The van der Waals surface area contributed by atoms with Gasteiger partial charge in [-0.05, 0) is 0 Å². The van der Waals surface area contributed by atoms with Crippen molar-refractivity contribution in [2.45, 2.75) is 0 Å². The molecule has 0 amide bonds. The summed E-state index contributed by atoms with van der Waals surface area (Å²) in [4.78, 5) is 0. The maximum absolute atomic E-state index is 7.75. The number of aliphatic hydroxyl groups is 1. The second kappa shape index (κ2) is 16.4. The maximum atomic E-state index is 7.75. The molecule has 0 saturated heterocycles. The van der Waals surface area contributed by atoms with Crippen molar-refractivity contribution in [3.8, 4) is 0 Å². The summed E-state index contributed by atoms with van der Waals surface area (Å²) in [6, 6.07) is 0. The van der Waals surface area contributed by atoms with Crippen molar-refractivity contribution in [2.24, 2.45) is 5.73 Å². The standard InChI is InChI=1S/C2H7NO.ClH.Na/c3-1-2-4;;/h4H,1-3H2;1H;/q;;+1/p-1. The van der Waals surface area contributed by atoms with Gasteiger partial charge in [0.05, 0.1) is 6.61 Å². The van der Waals surface area contributed by atoms with Crippen LogP contribution in [0.15, 0.2) is 0 Å². The Balaban J connectivity index is -0.0000000450. The van der Waals surface area contributed by atoms with Crippen molar-refractivity contribution in [1.82, 2.24) is 0 Å². The first kappa shape index (κ1) is 15.7. The normalized spacial score (nSPS) is 5.00. The van der Waals surface area contributed by atoms with Crippen LogP contribution in [-0.2, 0) is 0 Å². The molecule has 0 aromatic rings. The van der Waals surface area contributed by atoms with Crippen LogP contribution in [0.5, 0.6) is 0 Å². The predicted octanol–water partition coefficient (Wildman–Crippen LogP) is -7.05. The third-order valence-corrected chi connectivity index (χ3v) is 0.129. The minimum absolute atomic E-state index is 0. The Morgan fingerprint density at radius 2 is 1.67 bits per heavy atom. The van der Waals surface area contributed by atoms with E-state index in [9.17, 15) is 0 Å². The van der Waals surface area contributed by atoms with Crippen molar-refractivity contribution in [3.63, 3.8) is 0 Å². The molecule has 0 aliphatic rings. The third-order valence-electron chi connectivity index (χ3n) is 0.129. The van der Waals surface area contributed by atoms with Gasteiger partial charge in [0.15, 0.2) is 0 Å². The summed E-state index contributed by atoms with van der Waals surface area (Å²) in [5, 5.41) is 7.75. The van der Waals surface area contributed by atoms with Gasteiger partial charge >= 0.3 is 29.6 Å². The van der Waals surface area contributed by atoms with Crippen LogP contribution in [-0.4, -0.2) is 18.3 Å². The molecule has 0 spiro atoms. The fraction of sp³-hybridized carbons (Fsp3) is 1.00. The first-order chi connectivity index (χ1) is 1.91. The molecule has 2 nitrogen and oxygen atoms in total. The van der Waals surface area contributed by atoms with Crippen LogP contribution in [0.4, 0.5) is 0 Å². The quantitative estimate of drug-likeness (QED) is 0.337. The molecule has 3 N–H and O–H groups in total. The average molecular weight is 120 g/mol. The summed E-state index contributed by atoms with van der Waals surface area (Å²) in [5.74, 6) is 0. The smallest absolute Gasteiger partial charge is 1.00 e. The second-order valence-electron chi connectivity index (χ2n) is 0.512.